The van der Waals surface area contributed by atoms with Crippen molar-refractivity contribution >= 4 is 17.8 Å². The smallest absolute Gasteiger partial charge is 0.407 e. The number of anilines is 1. The average molecular weight is 317 g/mol. The molecule has 0 aromatic heterocycles. The molecule has 1 saturated heterocycles. The molecular weight excluding hydrogens is 294 g/mol. The highest BCUT2D eigenvalue weighted by atomic mass is 16.4. The number of nitrogens with one attached hydrogen (secondary N) is 1. The van der Waals surface area contributed by atoms with E-state index in [9.17, 15) is 14.7 Å². The van der Waals surface area contributed by atoms with Gasteiger partial charge in [-0.05, 0) is 37.3 Å². The Bertz CT molecular complexity index is 605. The van der Waals surface area contributed by atoms with Crippen molar-refractivity contribution in [2.75, 3.05) is 18.4 Å². The minimum Gasteiger partial charge on any atom is -0.465 e. The van der Waals surface area contributed by atoms with E-state index in [0.29, 0.717) is 25.9 Å². The van der Waals surface area contributed by atoms with Crippen molar-refractivity contribution < 1.29 is 14.7 Å². The highest BCUT2D eigenvalue weighted by molar-refractivity contribution is 5.91. The van der Waals surface area contributed by atoms with Crippen LogP contribution in [0, 0.1) is 0 Å². The molecule has 6 nitrogen and oxygen atoms in total. The monoisotopic (exact) mass is 317 g/mol. The van der Waals surface area contributed by atoms with Gasteiger partial charge in [0.05, 0.1) is 0 Å². The fraction of sp³-hybridized carbons (Fsp3) is 0.529. The summed E-state index contributed by atoms with van der Waals surface area (Å²) in [6, 6.07) is 7.90. The number of carbonyl (C=O) groups is 2. The van der Waals surface area contributed by atoms with Crippen molar-refractivity contribution in [2.24, 2.45) is 0 Å². The van der Waals surface area contributed by atoms with Gasteiger partial charge in [0.1, 0.15) is 0 Å². The Morgan fingerprint density at radius 2 is 2.13 bits per heavy atom. The lowest BCUT2D eigenvalue weighted by Gasteiger charge is -2.41. The molecule has 0 spiro atoms. The molecule has 0 radical (unpaired) electrons. The number of hydrogen-bond donors (Lipinski definition) is 2. The van der Waals surface area contributed by atoms with Gasteiger partial charge >= 0.3 is 12.1 Å². The molecule has 1 aromatic rings. The zero-order valence-corrected chi connectivity index (χ0v) is 13.4. The minimum atomic E-state index is -0.858. The van der Waals surface area contributed by atoms with Crippen LogP contribution < -0.4 is 5.32 Å². The molecule has 3 amide bonds. The topological polar surface area (TPSA) is 72.9 Å². The summed E-state index contributed by atoms with van der Waals surface area (Å²) in [6.45, 7) is 3.17. The van der Waals surface area contributed by atoms with Crippen LogP contribution in [-0.2, 0) is 6.42 Å². The number of piperidine rings is 1. The Hall–Kier alpha value is -2.24. The van der Waals surface area contributed by atoms with Gasteiger partial charge in [-0.15, -0.1) is 0 Å². The van der Waals surface area contributed by atoms with E-state index in [2.05, 4.69) is 5.32 Å². The Labute approximate surface area is 136 Å². The summed E-state index contributed by atoms with van der Waals surface area (Å²) in [5.74, 6) is 0. The third kappa shape index (κ3) is 3.11. The fourth-order valence-corrected chi connectivity index (χ4v) is 3.69. The number of urea groups is 1. The Kier molecular flexibility index (Phi) is 4.41. The van der Waals surface area contributed by atoms with E-state index in [1.54, 1.807) is 0 Å². The molecule has 2 heterocycles. The third-order valence-corrected chi connectivity index (χ3v) is 4.99. The third-order valence-electron chi connectivity index (χ3n) is 4.99. The molecular formula is C17H23N3O3. The van der Waals surface area contributed by atoms with E-state index < -0.39 is 6.09 Å². The Balaban J connectivity index is 1.73. The van der Waals surface area contributed by atoms with Crippen molar-refractivity contribution in [2.45, 2.75) is 44.7 Å². The van der Waals surface area contributed by atoms with Crippen LogP contribution in [-0.4, -0.2) is 52.2 Å². The number of benzene rings is 1. The highest BCUT2D eigenvalue weighted by Gasteiger charge is 2.35. The predicted octanol–water partition coefficient (Wildman–Crippen LogP) is 3.00. The molecule has 3 rings (SSSR count). The number of para-hydroxylation sites is 1. The number of hydrogen-bond acceptors (Lipinski definition) is 2. The lowest BCUT2D eigenvalue weighted by atomic mass is 9.94. The maximum Gasteiger partial charge on any atom is 0.407 e. The first kappa shape index (κ1) is 15.6. The lowest BCUT2D eigenvalue weighted by Crippen LogP contribution is -2.53. The van der Waals surface area contributed by atoms with Gasteiger partial charge in [0.25, 0.3) is 0 Å². The largest absolute Gasteiger partial charge is 0.465 e. The summed E-state index contributed by atoms with van der Waals surface area (Å²) >= 11 is 0. The van der Waals surface area contributed by atoms with Crippen molar-refractivity contribution in [1.29, 1.82) is 0 Å². The van der Waals surface area contributed by atoms with E-state index in [1.807, 2.05) is 36.1 Å². The van der Waals surface area contributed by atoms with Gasteiger partial charge in [0.2, 0.25) is 0 Å². The second kappa shape index (κ2) is 6.48. The van der Waals surface area contributed by atoms with Gasteiger partial charge in [-0.25, -0.2) is 9.59 Å². The van der Waals surface area contributed by atoms with E-state index in [0.717, 1.165) is 24.1 Å². The second-order valence-corrected chi connectivity index (χ2v) is 6.25. The zero-order valence-electron chi connectivity index (χ0n) is 13.4. The number of fused-ring (bicyclic) bond motifs is 1. The van der Waals surface area contributed by atoms with Crippen LogP contribution in [0.15, 0.2) is 24.3 Å². The first-order chi connectivity index (χ1) is 11.1. The molecule has 124 valence electrons. The molecule has 0 saturated carbocycles. The average Bonchev–Trinajstić information content (AvgIpc) is 2.72. The van der Waals surface area contributed by atoms with Gasteiger partial charge in [0, 0.05) is 30.9 Å². The lowest BCUT2D eigenvalue weighted by molar-refractivity contribution is 0.0729. The number of likely N-dealkylation sites (tertiary alicyclic amines) is 1. The quantitative estimate of drug-likeness (QED) is 0.880. The standard InChI is InChI=1S/C17H23N3O3/c1-2-13-11-14(8-10-20(13)17(22)23)19-9-7-12-5-3-4-6-15(12)18-16(19)21/h3-6,13-14H,2,7-11H2,1H3,(H,18,21)(H,22,23). The van der Waals surface area contributed by atoms with Crippen molar-refractivity contribution in [3.8, 4) is 0 Å². The predicted molar refractivity (Wildman–Crippen MR) is 87.7 cm³/mol. The molecule has 0 bridgehead atoms. The molecule has 2 aliphatic rings. The van der Waals surface area contributed by atoms with Gasteiger partial charge in [-0.1, -0.05) is 25.1 Å². The SMILES string of the molecule is CCC1CC(N2CCc3ccccc3NC2=O)CCN1C(=O)O. The molecule has 23 heavy (non-hydrogen) atoms. The second-order valence-electron chi connectivity index (χ2n) is 6.25. The molecule has 1 aromatic carbocycles. The Morgan fingerprint density at radius 1 is 1.35 bits per heavy atom. The van der Waals surface area contributed by atoms with Gasteiger partial charge < -0.3 is 20.2 Å². The van der Waals surface area contributed by atoms with E-state index in [1.165, 1.54) is 4.90 Å². The number of nitrogens with zero attached hydrogens (tertiary/aromatic N) is 2. The van der Waals surface area contributed by atoms with Crippen molar-refractivity contribution in [3.63, 3.8) is 0 Å². The minimum absolute atomic E-state index is 0.00956. The molecule has 0 aliphatic carbocycles. The summed E-state index contributed by atoms with van der Waals surface area (Å²) in [7, 11) is 0. The molecule has 6 heteroatoms. The molecule has 2 atom stereocenters. The summed E-state index contributed by atoms with van der Waals surface area (Å²) in [5, 5.41) is 12.3. The summed E-state index contributed by atoms with van der Waals surface area (Å²) in [6.07, 6.45) is 2.16. The molecule has 1 fully saturated rings. The number of carbonyl (C=O) groups excluding carboxylic acids is 1. The van der Waals surface area contributed by atoms with E-state index in [-0.39, 0.29) is 18.1 Å². The first-order valence-electron chi connectivity index (χ1n) is 8.25. The summed E-state index contributed by atoms with van der Waals surface area (Å²) < 4.78 is 0. The maximum atomic E-state index is 12.6. The van der Waals surface area contributed by atoms with Crippen molar-refractivity contribution in [1.82, 2.24) is 9.80 Å². The Morgan fingerprint density at radius 3 is 2.87 bits per heavy atom. The van der Waals surface area contributed by atoms with Crippen LogP contribution in [0.4, 0.5) is 15.3 Å². The highest BCUT2D eigenvalue weighted by Crippen LogP contribution is 2.27. The van der Waals surface area contributed by atoms with Gasteiger partial charge in [-0.3, -0.25) is 0 Å². The number of carboxylic acid groups (broad SMARTS) is 1. The van der Waals surface area contributed by atoms with Gasteiger partial charge in [-0.2, -0.15) is 0 Å². The van der Waals surface area contributed by atoms with E-state index in [4.69, 9.17) is 0 Å². The van der Waals surface area contributed by atoms with Crippen LogP contribution in [0.1, 0.15) is 31.7 Å². The molecule has 2 unspecified atom stereocenters. The normalized spacial score (nSPS) is 24.7. The zero-order chi connectivity index (χ0) is 16.4. The summed E-state index contributed by atoms with van der Waals surface area (Å²) in [5.41, 5.74) is 2.04. The van der Waals surface area contributed by atoms with Crippen LogP contribution in [0.2, 0.25) is 0 Å². The van der Waals surface area contributed by atoms with Crippen LogP contribution in [0.5, 0.6) is 0 Å². The number of rotatable bonds is 2. The van der Waals surface area contributed by atoms with Crippen molar-refractivity contribution in [3.05, 3.63) is 29.8 Å². The first-order valence-corrected chi connectivity index (χ1v) is 8.25. The van der Waals surface area contributed by atoms with Crippen LogP contribution in [0.3, 0.4) is 0 Å². The van der Waals surface area contributed by atoms with E-state index >= 15 is 0 Å². The molecule has 2 N–H and O–H groups in total. The molecule has 2 aliphatic heterocycles. The summed E-state index contributed by atoms with van der Waals surface area (Å²) in [4.78, 5) is 27.3. The van der Waals surface area contributed by atoms with Gasteiger partial charge in [0.15, 0.2) is 0 Å². The van der Waals surface area contributed by atoms with Crippen LogP contribution in [0.25, 0.3) is 0 Å². The van der Waals surface area contributed by atoms with Crippen LogP contribution >= 0.6 is 0 Å². The fourth-order valence-electron chi connectivity index (χ4n) is 3.69. The number of amides is 3. The maximum absolute atomic E-state index is 12.6.